The van der Waals surface area contributed by atoms with Crippen molar-refractivity contribution >= 4 is 15.9 Å². The predicted octanol–water partition coefficient (Wildman–Crippen LogP) is 4.26. The van der Waals surface area contributed by atoms with Crippen molar-refractivity contribution in [3.8, 4) is 0 Å². The van der Waals surface area contributed by atoms with Gasteiger partial charge < -0.3 is 14.9 Å². The monoisotopic (exact) mass is 363 g/mol. The second kappa shape index (κ2) is 6.21. The Morgan fingerprint density at radius 1 is 1.29 bits per heavy atom. The van der Waals surface area contributed by atoms with Crippen LogP contribution in [0, 0.1) is 0 Å². The number of halogens is 4. The first kappa shape index (κ1) is 16.1. The quantitative estimate of drug-likeness (QED) is 0.882. The summed E-state index contributed by atoms with van der Waals surface area (Å²) in [7, 11) is 1.50. The number of hydrogen-bond donors (Lipinski definition) is 1. The number of nitrogens with two attached hydrogens (primary N) is 1. The van der Waals surface area contributed by atoms with Crippen LogP contribution >= 0.6 is 15.9 Å². The van der Waals surface area contributed by atoms with Gasteiger partial charge in [-0.05, 0) is 29.8 Å². The molecule has 3 nitrogen and oxygen atoms in total. The Kier molecular flexibility index (Phi) is 4.75. The van der Waals surface area contributed by atoms with Gasteiger partial charge in [-0.1, -0.05) is 22.0 Å². The fraction of sp³-hybridized carbons (Fsp3) is 0.286. The topological polar surface area (TPSA) is 48.4 Å². The third-order valence-corrected chi connectivity index (χ3v) is 3.42. The smallest absolute Gasteiger partial charge is 0.416 e. The van der Waals surface area contributed by atoms with E-state index in [0.717, 1.165) is 6.07 Å². The van der Waals surface area contributed by atoms with Crippen molar-refractivity contribution in [3.63, 3.8) is 0 Å². The molecule has 0 saturated heterocycles. The maximum Gasteiger partial charge on any atom is 0.416 e. The molecule has 1 aromatic carbocycles. The molecule has 0 radical (unpaired) electrons. The highest BCUT2D eigenvalue weighted by Crippen LogP contribution is 2.37. The zero-order valence-corrected chi connectivity index (χ0v) is 12.7. The van der Waals surface area contributed by atoms with E-state index in [4.69, 9.17) is 14.9 Å². The molecule has 2 aromatic rings. The van der Waals surface area contributed by atoms with Crippen molar-refractivity contribution in [3.05, 3.63) is 57.5 Å². The molecule has 114 valence electrons. The highest BCUT2D eigenvalue weighted by Gasteiger charge is 2.35. The van der Waals surface area contributed by atoms with Crippen LogP contribution < -0.4 is 5.73 Å². The minimum Gasteiger partial charge on any atom is -0.462 e. The summed E-state index contributed by atoms with van der Waals surface area (Å²) in [5.41, 5.74) is 5.10. The van der Waals surface area contributed by atoms with Gasteiger partial charge in [0.05, 0.1) is 11.6 Å². The van der Waals surface area contributed by atoms with Crippen molar-refractivity contribution in [1.29, 1.82) is 0 Å². The second-order valence-corrected chi connectivity index (χ2v) is 5.36. The van der Waals surface area contributed by atoms with Gasteiger partial charge in [0.25, 0.3) is 0 Å². The van der Waals surface area contributed by atoms with E-state index in [9.17, 15) is 13.2 Å². The number of rotatable bonds is 4. The normalized spacial score (nSPS) is 13.4. The van der Waals surface area contributed by atoms with Crippen LogP contribution in [0.1, 0.15) is 28.7 Å². The molecule has 0 amide bonds. The van der Waals surface area contributed by atoms with Crippen LogP contribution in [-0.4, -0.2) is 7.11 Å². The second-order valence-electron chi connectivity index (χ2n) is 4.44. The summed E-state index contributed by atoms with van der Waals surface area (Å²) in [6.45, 7) is 0.235. The van der Waals surface area contributed by atoms with Crippen molar-refractivity contribution in [1.82, 2.24) is 0 Å². The highest BCUT2D eigenvalue weighted by molar-refractivity contribution is 9.10. The largest absolute Gasteiger partial charge is 0.462 e. The van der Waals surface area contributed by atoms with Crippen LogP contribution in [-0.2, 0) is 17.5 Å². The molecule has 0 aliphatic carbocycles. The average Bonchev–Trinajstić information content (AvgIpc) is 2.86. The zero-order valence-electron chi connectivity index (χ0n) is 11.1. The zero-order chi connectivity index (χ0) is 15.6. The molecule has 2 N–H and O–H groups in total. The van der Waals surface area contributed by atoms with Gasteiger partial charge in [0.1, 0.15) is 18.1 Å². The number of benzene rings is 1. The van der Waals surface area contributed by atoms with Gasteiger partial charge in [0.15, 0.2) is 0 Å². The molecular weight excluding hydrogens is 351 g/mol. The van der Waals surface area contributed by atoms with Gasteiger partial charge in [-0.25, -0.2) is 0 Å². The van der Waals surface area contributed by atoms with E-state index in [1.54, 1.807) is 12.1 Å². The standard InChI is InChI=1S/C14H13BrF3NO2/c1-20-7-9-3-5-12(21-9)13(19)10-4-2-8(15)6-11(10)14(16,17)18/h2-6,13H,7,19H2,1H3. The first-order chi connectivity index (χ1) is 9.82. The molecule has 0 bridgehead atoms. The lowest BCUT2D eigenvalue weighted by molar-refractivity contribution is -0.138. The third-order valence-electron chi connectivity index (χ3n) is 2.93. The molecule has 0 spiro atoms. The van der Waals surface area contributed by atoms with Gasteiger partial charge in [-0.2, -0.15) is 13.2 Å². The average molecular weight is 364 g/mol. The van der Waals surface area contributed by atoms with E-state index in [2.05, 4.69) is 15.9 Å². The maximum atomic E-state index is 13.1. The van der Waals surface area contributed by atoms with Crippen LogP contribution in [0.15, 0.2) is 39.2 Å². The summed E-state index contributed by atoms with van der Waals surface area (Å²) >= 11 is 3.04. The molecule has 0 fully saturated rings. The van der Waals surface area contributed by atoms with Gasteiger partial charge >= 0.3 is 6.18 Å². The summed E-state index contributed by atoms with van der Waals surface area (Å²) < 4.78 is 50.0. The van der Waals surface area contributed by atoms with E-state index >= 15 is 0 Å². The first-order valence-corrected chi connectivity index (χ1v) is 6.82. The molecule has 0 aliphatic rings. The van der Waals surface area contributed by atoms with Crippen molar-refractivity contribution in [2.75, 3.05) is 7.11 Å². The molecule has 1 atom stereocenters. The molecule has 1 aromatic heterocycles. The Balaban J connectivity index is 2.40. The number of hydrogen-bond acceptors (Lipinski definition) is 3. The highest BCUT2D eigenvalue weighted by atomic mass is 79.9. The van der Waals surface area contributed by atoms with Gasteiger partial charge in [0.2, 0.25) is 0 Å². The number of ether oxygens (including phenoxy) is 1. The van der Waals surface area contributed by atoms with Crippen molar-refractivity contribution in [2.45, 2.75) is 18.8 Å². The van der Waals surface area contributed by atoms with E-state index in [1.807, 2.05) is 0 Å². The summed E-state index contributed by atoms with van der Waals surface area (Å²) in [6.07, 6.45) is -4.49. The molecule has 1 unspecified atom stereocenters. The summed E-state index contributed by atoms with van der Waals surface area (Å²) in [4.78, 5) is 0. The van der Waals surface area contributed by atoms with Crippen LogP contribution in [0.2, 0.25) is 0 Å². The molecule has 2 rings (SSSR count). The van der Waals surface area contributed by atoms with E-state index in [1.165, 1.54) is 19.2 Å². The Morgan fingerprint density at radius 2 is 2.00 bits per heavy atom. The maximum absolute atomic E-state index is 13.1. The number of methoxy groups -OCH3 is 1. The van der Waals surface area contributed by atoms with Crippen LogP contribution in [0.4, 0.5) is 13.2 Å². The fourth-order valence-corrected chi connectivity index (χ4v) is 2.34. The molecular formula is C14H13BrF3NO2. The van der Waals surface area contributed by atoms with Crippen LogP contribution in [0.3, 0.4) is 0 Å². The fourth-order valence-electron chi connectivity index (χ4n) is 1.98. The molecule has 21 heavy (non-hydrogen) atoms. The first-order valence-electron chi connectivity index (χ1n) is 6.02. The minimum atomic E-state index is -4.49. The Labute approximate surface area is 128 Å². The Morgan fingerprint density at radius 3 is 2.62 bits per heavy atom. The SMILES string of the molecule is COCc1ccc(C(N)c2ccc(Br)cc2C(F)(F)F)o1. The van der Waals surface area contributed by atoms with E-state index < -0.39 is 17.8 Å². The Hall–Kier alpha value is -1.31. The van der Waals surface area contributed by atoms with Crippen molar-refractivity contribution < 1.29 is 22.3 Å². The van der Waals surface area contributed by atoms with Gasteiger partial charge in [0, 0.05) is 11.6 Å². The van der Waals surface area contributed by atoms with E-state index in [0.29, 0.717) is 10.2 Å². The van der Waals surface area contributed by atoms with Crippen LogP contribution in [0.5, 0.6) is 0 Å². The van der Waals surface area contributed by atoms with Gasteiger partial charge in [-0.3, -0.25) is 0 Å². The minimum absolute atomic E-state index is 0.0379. The van der Waals surface area contributed by atoms with E-state index in [-0.39, 0.29) is 17.9 Å². The van der Waals surface area contributed by atoms with Gasteiger partial charge in [-0.15, -0.1) is 0 Å². The molecule has 0 saturated carbocycles. The Bertz CT molecular complexity index is 625. The lowest BCUT2D eigenvalue weighted by Gasteiger charge is -2.17. The molecule has 7 heteroatoms. The van der Waals surface area contributed by atoms with Crippen LogP contribution in [0.25, 0.3) is 0 Å². The number of furan rings is 1. The lowest BCUT2D eigenvalue weighted by Crippen LogP contribution is -2.18. The summed E-state index contributed by atoms with van der Waals surface area (Å²) in [5.74, 6) is 0.767. The number of alkyl halides is 3. The summed E-state index contributed by atoms with van der Waals surface area (Å²) in [6, 6.07) is 6.06. The molecule has 1 heterocycles. The third kappa shape index (κ3) is 3.66. The lowest BCUT2D eigenvalue weighted by atomic mass is 9.99. The molecule has 0 aliphatic heterocycles. The summed E-state index contributed by atoms with van der Waals surface area (Å²) in [5, 5.41) is 0. The van der Waals surface area contributed by atoms with Crippen molar-refractivity contribution in [2.24, 2.45) is 5.73 Å². The predicted molar refractivity (Wildman–Crippen MR) is 74.6 cm³/mol.